The smallest absolute Gasteiger partial charge is 0.0465 e. The Kier molecular flexibility index (Phi) is 4.92. The molecule has 0 spiro atoms. The molecule has 0 aliphatic heterocycles. The minimum atomic E-state index is 0.485. The van der Waals surface area contributed by atoms with E-state index >= 15 is 0 Å². The monoisotopic (exact) mass is 305 g/mol. The Labute approximate surface area is 130 Å². The van der Waals surface area contributed by atoms with Crippen molar-refractivity contribution in [2.45, 2.75) is 51.1 Å². The maximum atomic E-state index is 3.96. The molecule has 3 unspecified atom stereocenters. The first kappa shape index (κ1) is 14.3. The molecule has 3 heteroatoms. The fraction of sp³-hybridized carbons (Fsp3) is 0.529. The summed E-state index contributed by atoms with van der Waals surface area (Å²) in [6.45, 7) is 2.41. The van der Waals surface area contributed by atoms with Gasteiger partial charge in [-0.15, -0.1) is 22.7 Å². The van der Waals surface area contributed by atoms with Crippen LogP contribution in [0.2, 0.25) is 0 Å². The number of hydrogen-bond donors (Lipinski definition) is 1. The van der Waals surface area contributed by atoms with Gasteiger partial charge in [0, 0.05) is 28.3 Å². The van der Waals surface area contributed by atoms with E-state index in [1.165, 1.54) is 35.4 Å². The van der Waals surface area contributed by atoms with Gasteiger partial charge in [0.05, 0.1) is 0 Å². The van der Waals surface area contributed by atoms with Crippen molar-refractivity contribution in [1.29, 1.82) is 0 Å². The highest BCUT2D eigenvalue weighted by Crippen LogP contribution is 2.30. The Bertz CT molecular complexity index is 489. The number of nitrogens with one attached hydrogen (secondary N) is 1. The fourth-order valence-corrected chi connectivity index (χ4v) is 4.72. The first-order chi connectivity index (χ1) is 9.83. The van der Waals surface area contributed by atoms with Gasteiger partial charge in [0.2, 0.25) is 0 Å². The topological polar surface area (TPSA) is 12.0 Å². The molecule has 2 heterocycles. The van der Waals surface area contributed by atoms with Crippen molar-refractivity contribution >= 4 is 22.7 Å². The average molecular weight is 306 g/mol. The van der Waals surface area contributed by atoms with Crippen LogP contribution < -0.4 is 5.32 Å². The van der Waals surface area contributed by atoms with Gasteiger partial charge < -0.3 is 5.32 Å². The summed E-state index contributed by atoms with van der Waals surface area (Å²) in [5, 5.41) is 8.35. The van der Waals surface area contributed by atoms with Crippen LogP contribution in [0.5, 0.6) is 0 Å². The van der Waals surface area contributed by atoms with Gasteiger partial charge in [-0.25, -0.2) is 0 Å². The van der Waals surface area contributed by atoms with Crippen molar-refractivity contribution in [2.75, 3.05) is 0 Å². The molecule has 1 fully saturated rings. The lowest BCUT2D eigenvalue weighted by Crippen LogP contribution is -2.40. The predicted octanol–water partition coefficient (Wildman–Crippen LogP) is 5.26. The molecule has 1 saturated carbocycles. The minimum absolute atomic E-state index is 0.485. The van der Waals surface area contributed by atoms with Gasteiger partial charge in [0.1, 0.15) is 0 Å². The fourth-order valence-electron chi connectivity index (χ4n) is 3.18. The SMILES string of the molecule is CC1CCCCC1NC(Cc1cccs1)c1cccs1. The molecule has 3 rings (SSSR count). The summed E-state index contributed by atoms with van der Waals surface area (Å²) in [4.78, 5) is 2.97. The van der Waals surface area contributed by atoms with Crippen LogP contribution in [0.1, 0.15) is 48.4 Å². The minimum Gasteiger partial charge on any atom is -0.306 e. The van der Waals surface area contributed by atoms with E-state index in [0.29, 0.717) is 12.1 Å². The van der Waals surface area contributed by atoms with E-state index < -0.39 is 0 Å². The van der Waals surface area contributed by atoms with E-state index in [-0.39, 0.29) is 0 Å². The van der Waals surface area contributed by atoms with Crippen LogP contribution in [0, 0.1) is 5.92 Å². The van der Waals surface area contributed by atoms with Crippen LogP contribution >= 0.6 is 22.7 Å². The maximum Gasteiger partial charge on any atom is 0.0465 e. The quantitative estimate of drug-likeness (QED) is 0.794. The Morgan fingerprint density at radius 2 is 1.95 bits per heavy atom. The molecule has 0 bridgehead atoms. The molecule has 0 aromatic carbocycles. The third-order valence-electron chi connectivity index (χ3n) is 4.40. The Hall–Kier alpha value is -0.640. The molecule has 0 saturated heterocycles. The molecule has 0 radical (unpaired) electrons. The Morgan fingerprint density at radius 3 is 2.65 bits per heavy atom. The second-order valence-corrected chi connectivity index (χ2v) is 7.90. The van der Waals surface area contributed by atoms with Crippen molar-refractivity contribution in [3.63, 3.8) is 0 Å². The molecule has 108 valence electrons. The summed E-state index contributed by atoms with van der Waals surface area (Å²) in [5.41, 5.74) is 0. The normalized spacial score (nSPS) is 24.6. The Morgan fingerprint density at radius 1 is 1.15 bits per heavy atom. The predicted molar refractivity (Wildman–Crippen MR) is 89.6 cm³/mol. The summed E-state index contributed by atoms with van der Waals surface area (Å²) >= 11 is 3.76. The highest BCUT2D eigenvalue weighted by molar-refractivity contribution is 7.10. The van der Waals surface area contributed by atoms with Crippen LogP contribution in [-0.2, 0) is 6.42 Å². The summed E-state index contributed by atoms with van der Waals surface area (Å²) < 4.78 is 0. The van der Waals surface area contributed by atoms with Crippen molar-refractivity contribution in [3.8, 4) is 0 Å². The van der Waals surface area contributed by atoms with Gasteiger partial charge in [-0.3, -0.25) is 0 Å². The van der Waals surface area contributed by atoms with Crippen LogP contribution in [0.25, 0.3) is 0 Å². The lowest BCUT2D eigenvalue weighted by Gasteiger charge is -2.33. The zero-order valence-electron chi connectivity index (χ0n) is 12.0. The molecule has 0 amide bonds. The largest absolute Gasteiger partial charge is 0.306 e. The highest BCUT2D eigenvalue weighted by Gasteiger charge is 2.25. The summed E-state index contributed by atoms with van der Waals surface area (Å²) in [7, 11) is 0. The summed E-state index contributed by atoms with van der Waals surface area (Å²) in [6, 6.07) is 10.1. The molecule has 1 aliphatic rings. The molecule has 2 aromatic rings. The number of rotatable bonds is 5. The average Bonchev–Trinajstić information content (AvgIpc) is 3.12. The standard InChI is InChI=1S/C17H23NS2/c1-13-6-2-3-8-15(13)18-16(17-9-5-11-20-17)12-14-7-4-10-19-14/h4-5,7,9-11,13,15-16,18H,2-3,6,8,12H2,1H3. The van der Waals surface area contributed by atoms with E-state index in [1.54, 1.807) is 0 Å². The van der Waals surface area contributed by atoms with Gasteiger partial charge in [0.25, 0.3) is 0 Å². The first-order valence-corrected chi connectivity index (χ1v) is 9.40. The zero-order chi connectivity index (χ0) is 13.8. The summed E-state index contributed by atoms with van der Waals surface area (Å²) in [6.07, 6.45) is 6.65. The Balaban J connectivity index is 1.71. The molecule has 1 N–H and O–H groups in total. The van der Waals surface area contributed by atoms with Crippen LogP contribution in [0.15, 0.2) is 35.0 Å². The molecule has 20 heavy (non-hydrogen) atoms. The van der Waals surface area contributed by atoms with Gasteiger partial charge in [-0.2, -0.15) is 0 Å². The van der Waals surface area contributed by atoms with Crippen LogP contribution in [0.4, 0.5) is 0 Å². The maximum absolute atomic E-state index is 3.96. The molecule has 3 atom stereocenters. The van der Waals surface area contributed by atoms with Gasteiger partial charge in [-0.05, 0) is 41.7 Å². The van der Waals surface area contributed by atoms with Gasteiger partial charge >= 0.3 is 0 Å². The first-order valence-electron chi connectivity index (χ1n) is 7.65. The van der Waals surface area contributed by atoms with E-state index in [9.17, 15) is 0 Å². The van der Waals surface area contributed by atoms with E-state index in [1.807, 2.05) is 22.7 Å². The number of hydrogen-bond acceptors (Lipinski definition) is 3. The number of thiophene rings is 2. The van der Waals surface area contributed by atoms with Crippen molar-refractivity contribution in [3.05, 3.63) is 44.8 Å². The van der Waals surface area contributed by atoms with Gasteiger partial charge in [-0.1, -0.05) is 31.9 Å². The molecular weight excluding hydrogens is 282 g/mol. The second-order valence-electron chi connectivity index (χ2n) is 5.89. The van der Waals surface area contributed by atoms with Crippen molar-refractivity contribution in [1.82, 2.24) is 5.32 Å². The second kappa shape index (κ2) is 6.88. The zero-order valence-corrected chi connectivity index (χ0v) is 13.7. The molecule has 1 aliphatic carbocycles. The third-order valence-corrected chi connectivity index (χ3v) is 6.28. The van der Waals surface area contributed by atoms with E-state index in [2.05, 4.69) is 47.3 Å². The molecule has 1 nitrogen and oxygen atoms in total. The van der Waals surface area contributed by atoms with Gasteiger partial charge in [0.15, 0.2) is 0 Å². The van der Waals surface area contributed by atoms with Crippen molar-refractivity contribution in [2.24, 2.45) is 5.92 Å². The lowest BCUT2D eigenvalue weighted by molar-refractivity contribution is 0.259. The molecule has 2 aromatic heterocycles. The van der Waals surface area contributed by atoms with E-state index in [4.69, 9.17) is 0 Å². The van der Waals surface area contributed by atoms with E-state index in [0.717, 1.165) is 12.3 Å². The lowest BCUT2D eigenvalue weighted by atomic mass is 9.85. The van der Waals surface area contributed by atoms with Crippen molar-refractivity contribution < 1.29 is 0 Å². The third kappa shape index (κ3) is 3.51. The van der Waals surface area contributed by atoms with Crippen LogP contribution in [0.3, 0.4) is 0 Å². The van der Waals surface area contributed by atoms with Crippen LogP contribution in [-0.4, -0.2) is 6.04 Å². The summed E-state index contributed by atoms with van der Waals surface area (Å²) in [5.74, 6) is 0.814. The highest BCUT2D eigenvalue weighted by atomic mass is 32.1. The molecular formula is C17H23NS2.